The van der Waals surface area contributed by atoms with Crippen LogP contribution in [0.4, 0.5) is 0 Å². The fraction of sp³-hybridized carbons (Fsp3) is 0.0638. The van der Waals surface area contributed by atoms with Crippen molar-refractivity contribution in [2.45, 2.75) is 38.5 Å². The van der Waals surface area contributed by atoms with Gasteiger partial charge in [0.1, 0.15) is 5.75 Å². The largest absolute Gasteiger partial charge is 0.569 e. The van der Waals surface area contributed by atoms with E-state index in [9.17, 15) is 5.02 Å². The molecule has 0 spiro atoms. The van der Waals surface area contributed by atoms with Crippen LogP contribution in [-0.4, -0.2) is 12.7 Å². The van der Waals surface area contributed by atoms with Crippen molar-refractivity contribution in [1.29, 1.82) is 0 Å². The third-order valence-electron chi connectivity index (χ3n) is 21.4. The van der Waals surface area contributed by atoms with Crippen LogP contribution in [0.2, 0.25) is 0 Å². The van der Waals surface area contributed by atoms with E-state index in [0.717, 1.165) is 33.7 Å². The van der Waals surface area contributed by atoms with E-state index in [1.807, 2.05) is 36.4 Å². The first-order chi connectivity index (χ1) is 48.1. The van der Waals surface area contributed by atoms with Crippen LogP contribution < -0.4 is 4.65 Å². The van der Waals surface area contributed by atoms with Gasteiger partial charge in [-0.15, -0.1) is 0 Å². The summed E-state index contributed by atoms with van der Waals surface area (Å²) in [5.41, 5.74) is 18.7. The molecule has 0 saturated carbocycles. The molecule has 0 fully saturated rings. The maximum absolute atomic E-state index is 9.32. The molecule has 18 aromatic carbocycles. The molecule has 20 rings (SSSR count). The molecule has 1 radical (unpaired) electrons. The minimum absolute atomic E-state index is 0.00893. The molecule has 463 valence electrons. The summed E-state index contributed by atoms with van der Waals surface area (Å²) in [6, 6.07) is 114. The van der Waals surface area contributed by atoms with Gasteiger partial charge in [-0.2, -0.15) is 0 Å². The van der Waals surface area contributed by atoms with Crippen LogP contribution in [0.15, 0.2) is 320 Å². The lowest BCUT2D eigenvalue weighted by atomic mass is 9.79. The van der Waals surface area contributed by atoms with E-state index < -0.39 is 0 Å². The van der Waals surface area contributed by atoms with Crippen LogP contribution in [0.5, 0.6) is 5.75 Å². The molecule has 1 N–H and O–H groups in total. The van der Waals surface area contributed by atoms with Crippen LogP contribution in [0.3, 0.4) is 0 Å². The summed E-state index contributed by atoms with van der Waals surface area (Å²) in [5, 5.41) is 34.4. The zero-order valence-corrected chi connectivity index (χ0v) is 56.4. The van der Waals surface area contributed by atoms with Gasteiger partial charge < -0.3 is 9.68 Å². The zero-order valence-electron chi connectivity index (χ0n) is 54.8. The smallest absolute Gasteiger partial charge is 0.537 e. The number of halogens is 1. The fourth-order valence-corrected chi connectivity index (χ4v) is 17.7. The fourth-order valence-electron chi connectivity index (χ4n) is 17.3. The lowest BCUT2D eigenvalue weighted by Gasteiger charge is -2.24. The second kappa shape index (κ2) is 23.3. The van der Waals surface area contributed by atoms with E-state index in [1.165, 1.54) is 164 Å². The molecule has 4 heteroatoms. The summed E-state index contributed by atoms with van der Waals surface area (Å²) in [4.78, 5) is 0. The van der Waals surface area contributed by atoms with Crippen molar-refractivity contribution in [3.05, 3.63) is 342 Å². The normalized spacial score (nSPS) is 13.2. The quantitative estimate of drug-likeness (QED) is 0.106. The summed E-state index contributed by atoms with van der Waals surface area (Å²) >= 11 is 3.67. The first-order valence-corrected chi connectivity index (χ1v) is 34.7. The Balaban J connectivity index is 0.000000116. The second-order valence-electron chi connectivity index (χ2n) is 27.3. The van der Waals surface area contributed by atoms with Crippen LogP contribution in [0.25, 0.3) is 163 Å². The highest BCUT2D eigenvalue weighted by atomic mass is 79.9. The topological polar surface area (TPSA) is 29.5 Å². The highest BCUT2D eigenvalue weighted by Crippen LogP contribution is 2.58. The molecule has 0 amide bonds. The highest BCUT2D eigenvalue weighted by molar-refractivity contribution is 9.10. The first kappa shape index (κ1) is 59.4. The molecule has 2 aliphatic rings. The van der Waals surface area contributed by atoms with Gasteiger partial charge in [0.25, 0.3) is 0 Å². The lowest BCUT2D eigenvalue weighted by molar-refractivity contribution is 0.459. The van der Waals surface area contributed by atoms with E-state index in [4.69, 9.17) is 4.65 Å². The van der Waals surface area contributed by atoms with Gasteiger partial charge in [0.05, 0.1) is 0 Å². The van der Waals surface area contributed by atoms with Crippen LogP contribution in [-0.2, 0) is 10.8 Å². The Bertz CT molecular complexity index is 6230. The molecule has 0 unspecified atom stereocenters. The molecule has 2 aliphatic carbocycles. The van der Waals surface area contributed by atoms with Crippen LogP contribution >= 0.6 is 15.9 Å². The van der Waals surface area contributed by atoms with Crippen molar-refractivity contribution in [3.8, 4) is 61.4 Å². The predicted molar refractivity (Wildman–Crippen MR) is 422 cm³/mol. The Labute approximate surface area is 579 Å². The SMILES string of the molecule is CC1(C)c2ccc(-c3c4ccccc4c(-c4cccc5ccccc45)c4ccccc34)cc2-c2c1c1ccccc1c1ccccc21.CC1(C)c2ccc(Br)cc2-c2c1c1ccccc1c1ccccc21.O[B]Oc1c2ccccc2c(-c2cccc3ccccc23)c2ccccc12. The first-order valence-electron chi connectivity index (χ1n) is 33.9. The van der Waals surface area contributed by atoms with Gasteiger partial charge in [0.2, 0.25) is 0 Å². The van der Waals surface area contributed by atoms with Gasteiger partial charge in [0, 0.05) is 26.1 Å². The minimum atomic E-state index is -0.116. The van der Waals surface area contributed by atoms with Gasteiger partial charge in [-0.1, -0.05) is 341 Å². The van der Waals surface area contributed by atoms with Crippen LogP contribution in [0.1, 0.15) is 49.9 Å². The van der Waals surface area contributed by atoms with E-state index in [2.05, 4.69) is 323 Å². The summed E-state index contributed by atoms with van der Waals surface area (Å²) in [7, 11) is 0.756. The van der Waals surface area contributed by atoms with Crippen molar-refractivity contribution in [2.75, 3.05) is 0 Å². The second-order valence-corrected chi connectivity index (χ2v) is 28.2. The van der Waals surface area contributed by atoms with Crippen LogP contribution in [0, 0.1) is 0 Å². The molecular weight excluding hydrogens is 1250 g/mol. The van der Waals surface area contributed by atoms with E-state index >= 15 is 0 Å². The van der Waals surface area contributed by atoms with Gasteiger partial charge in [-0.3, -0.25) is 0 Å². The number of benzene rings is 18. The molecular formula is C94H65BBrO2. The number of rotatable bonds is 5. The summed E-state index contributed by atoms with van der Waals surface area (Å²) in [5.74, 6) is 0.674. The number of fused-ring (bicyclic) bond motifs is 22. The Hall–Kier alpha value is -11.1. The van der Waals surface area contributed by atoms with Gasteiger partial charge in [0.15, 0.2) is 0 Å². The summed E-state index contributed by atoms with van der Waals surface area (Å²) in [6.45, 7) is 9.52. The molecule has 2 nitrogen and oxygen atoms in total. The third-order valence-corrected chi connectivity index (χ3v) is 21.9. The van der Waals surface area contributed by atoms with E-state index in [1.54, 1.807) is 0 Å². The standard InChI is InChI=1S/C47H32.C24H16BO2.C23H17Br/c1-47(2)42-27-26-30(28-41(42)45-35-19-7-5-17-32(35)33-18-6-12-24-40(33)46(45)47)43-36-20-8-10-22-38(36)44(39-23-11-9-21-37(39)43)34-25-13-15-29-14-3-4-16-31(29)34;26-25-27-24-21-13-5-3-11-19(21)23(20-12-4-6-14-22(20)24)18-15-7-9-16-8-1-2-10-17(16)18;1-23(2)20-12-11-14(24)13-19(20)21-17-9-5-3-7-15(17)16-8-4-6-10-18(16)22(21)23/h3-28H,1-2H3;1-15,26H;3-13H,1-2H3. The Morgan fingerprint density at radius 1 is 0.265 bits per heavy atom. The zero-order chi connectivity index (χ0) is 66.0. The minimum Gasteiger partial charge on any atom is -0.537 e. The molecule has 0 aliphatic heterocycles. The Kier molecular flexibility index (Phi) is 14.1. The average molecular weight is 1320 g/mol. The van der Waals surface area contributed by atoms with Crippen molar-refractivity contribution >= 4 is 131 Å². The molecule has 0 bridgehead atoms. The lowest BCUT2D eigenvalue weighted by Crippen LogP contribution is -2.15. The van der Waals surface area contributed by atoms with Crippen molar-refractivity contribution in [3.63, 3.8) is 0 Å². The molecule has 0 heterocycles. The maximum atomic E-state index is 9.32. The van der Waals surface area contributed by atoms with Gasteiger partial charge in [-0.25, -0.2) is 0 Å². The van der Waals surface area contributed by atoms with Crippen molar-refractivity contribution < 1.29 is 9.68 Å². The summed E-state index contributed by atoms with van der Waals surface area (Å²) in [6.07, 6.45) is 0. The molecule has 18 aromatic rings. The van der Waals surface area contributed by atoms with Crippen molar-refractivity contribution in [2.24, 2.45) is 0 Å². The third kappa shape index (κ3) is 9.12. The molecule has 98 heavy (non-hydrogen) atoms. The van der Waals surface area contributed by atoms with Gasteiger partial charge in [-0.05, 0) is 193 Å². The van der Waals surface area contributed by atoms with Crippen molar-refractivity contribution in [1.82, 2.24) is 0 Å². The summed E-state index contributed by atoms with van der Waals surface area (Å²) < 4.78 is 6.68. The van der Waals surface area contributed by atoms with E-state index in [0.29, 0.717) is 5.75 Å². The maximum Gasteiger partial charge on any atom is 0.569 e. The monoisotopic (exact) mass is 1320 g/mol. The molecule has 0 aromatic heterocycles. The Morgan fingerprint density at radius 2 is 0.561 bits per heavy atom. The Morgan fingerprint density at radius 3 is 0.969 bits per heavy atom. The predicted octanol–water partition coefficient (Wildman–Crippen LogP) is 25.9. The molecule has 0 atom stereocenters. The van der Waals surface area contributed by atoms with Gasteiger partial charge >= 0.3 is 7.69 Å². The molecule has 0 saturated heterocycles. The number of hydrogen-bond donors (Lipinski definition) is 1. The highest BCUT2D eigenvalue weighted by Gasteiger charge is 2.40. The average Bonchev–Trinajstić information content (AvgIpc) is 1.50. The number of hydrogen-bond acceptors (Lipinski definition) is 2. The van der Waals surface area contributed by atoms with E-state index in [-0.39, 0.29) is 10.8 Å².